The van der Waals surface area contributed by atoms with E-state index in [9.17, 15) is 72.9 Å². The molecule has 31 heteroatoms. The first-order valence-corrected chi connectivity index (χ1v) is 30.3. The largest absolute Gasteiger partial charge is 0.481 e. The van der Waals surface area contributed by atoms with Gasteiger partial charge in [-0.15, -0.1) is 0 Å². The second-order valence-corrected chi connectivity index (χ2v) is 22.6. The first-order chi connectivity index (χ1) is 44.3. The number of benzene rings is 3. The van der Waals surface area contributed by atoms with E-state index in [2.05, 4.69) is 62.8 Å². The fourth-order valence-electron chi connectivity index (χ4n) is 9.99. The number of aromatic amines is 2. The molecule has 5 rings (SSSR count). The number of nitrogens with one attached hydrogen (secondary N) is 11. The van der Waals surface area contributed by atoms with E-state index in [1.807, 2.05) is 0 Å². The molecule has 0 aliphatic rings. The van der Waals surface area contributed by atoms with Crippen LogP contribution in [0, 0.1) is 5.92 Å². The van der Waals surface area contributed by atoms with Gasteiger partial charge in [-0.05, 0) is 79.8 Å². The Hall–Kier alpha value is -10.4. The van der Waals surface area contributed by atoms with E-state index >= 15 is 0 Å². The van der Waals surface area contributed by atoms with E-state index in [1.54, 1.807) is 105 Å². The van der Waals surface area contributed by atoms with Crippen LogP contribution in [0.4, 0.5) is 0 Å². The molecule has 2 aromatic heterocycles. The second-order valence-electron chi connectivity index (χ2n) is 22.6. The molecule has 0 fully saturated rings. The number of para-hydroxylation sites is 2. The van der Waals surface area contributed by atoms with Crippen LogP contribution in [-0.4, -0.2) is 177 Å². The van der Waals surface area contributed by atoms with Crippen LogP contribution in [0.1, 0.15) is 88.3 Å². The molecule has 0 spiro atoms. The van der Waals surface area contributed by atoms with Gasteiger partial charge in [0.1, 0.15) is 42.3 Å². The fraction of sp³-hybridized carbons (Fsp3) is 0.435. The number of rotatable bonds is 40. The van der Waals surface area contributed by atoms with Crippen molar-refractivity contribution in [1.82, 2.24) is 57.8 Å². The van der Waals surface area contributed by atoms with Gasteiger partial charge < -0.3 is 96.1 Å². The number of aromatic nitrogens is 2. The highest BCUT2D eigenvalue weighted by atomic mass is 16.4. The third kappa shape index (κ3) is 24.7. The van der Waals surface area contributed by atoms with Crippen LogP contribution in [0.25, 0.3) is 21.8 Å². The summed E-state index contributed by atoms with van der Waals surface area (Å²) in [6, 6.07) is 10.2. The van der Waals surface area contributed by atoms with Crippen molar-refractivity contribution in [2.24, 2.45) is 33.8 Å². The number of aliphatic carboxylic acids is 3. The molecule has 2 heterocycles. The average molecular weight is 1290 g/mol. The van der Waals surface area contributed by atoms with E-state index in [0.717, 1.165) is 0 Å². The van der Waals surface area contributed by atoms with Crippen LogP contribution < -0.4 is 70.8 Å². The predicted molar refractivity (Wildman–Crippen MR) is 341 cm³/mol. The molecule has 0 saturated heterocycles. The highest BCUT2D eigenvalue weighted by Crippen LogP contribution is 2.22. The number of unbranched alkanes of at least 4 members (excludes halogenated alkanes) is 1. The van der Waals surface area contributed by atoms with Crippen molar-refractivity contribution in [3.8, 4) is 0 Å². The third-order valence-electron chi connectivity index (χ3n) is 14.8. The number of fused-ring (bicyclic) bond motifs is 2. The van der Waals surface area contributed by atoms with Crippen LogP contribution in [0.2, 0.25) is 0 Å². The van der Waals surface area contributed by atoms with E-state index in [0.29, 0.717) is 64.3 Å². The van der Waals surface area contributed by atoms with Crippen LogP contribution >= 0.6 is 0 Å². The molecule has 9 amide bonds. The lowest BCUT2D eigenvalue weighted by Gasteiger charge is -2.27. The van der Waals surface area contributed by atoms with E-state index in [1.165, 1.54) is 0 Å². The van der Waals surface area contributed by atoms with Gasteiger partial charge in [-0.3, -0.25) is 57.7 Å². The molecular weight excluding hydrogens is 1210 g/mol. The monoisotopic (exact) mass is 1290 g/mol. The van der Waals surface area contributed by atoms with Gasteiger partial charge in [0.05, 0.1) is 25.6 Å². The van der Waals surface area contributed by atoms with Gasteiger partial charge in [0.25, 0.3) is 0 Å². The summed E-state index contributed by atoms with van der Waals surface area (Å²) in [4.78, 5) is 173. The van der Waals surface area contributed by atoms with Gasteiger partial charge in [0, 0.05) is 66.4 Å². The van der Waals surface area contributed by atoms with Gasteiger partial charge in [-0.1, -0.05) is 87.0 Å². The Morgan fingerprint density at radius 2 is 0.957 bits per heavy atom. The molecule has 0 radical (unpaired) electrons. The summed E-state index contributed by atoms with van der Waals surface area (Å²) in [5, 5.41) is 53.3. The third-order valence-corrected chi connectivity index (χ3v) is 14.8. The number of carbonyl (C=O) groups is 12. The normalized spacial score (nSPS) is 13.7. The summed E-state index contributed by atoms with van der Waals surface area (Å²) >= 11 is 0. The lowest BCUT2D eigenvalue weighted by molar-refractivity contribution is -0.142. The number of carboxylic acid groups (broad SMARTS) is 3. The molecule has 502 valence electrons. The quantitative estimate of drug-likeness (QED) is 0.0118. The molecule has 0 unspecified atom stereocenters. The highest BCUT2D eigenvalue weighted by molar-refractivity contribution is 6.00. The zero-order valence-corrected chi connectivity index (χ0v) is 51.7. The molecule has 3 aromatic carbocycles. The van der Waals surface area contributed by atoms with Gasteiger partial charge in [0.15, 0.2) is 5.96 Å². The summed E-state index contributed by atoms with van der Waals surface area (Å²) in [7, 11) is 0. The number of nitrogens with two attached hydrogens (primary N) is 4. The molecule has 8 atom stereocenters. The zero-order chi connectivity index (χ0) is 68.1. The van der Waals surface area contributed by atoms with Gasteiger partial charge in [0.2, 0.25) is 53.2 Å². The molecule has 0 bridgehead atoms. The first-order valence-electron chi connectivity index (χ1n) is 30.3. The van der Waals surface area contributed by atoms with Crippen molar-refractivity contribution in [2.75, 3.05) is 26.2 Å². The van der Waals surface area contributed by atoms with Gasteiger partial charge in [-0.2, -0.15) is 0 Å². The maximum absolute atomic E-state index is 14.7. The molecule has 22 N–H and O–H groups in total. The topological polar surface area (TPSA) is 522 Å². The predicted octanol–water partition coefficient (Wildman–Crippen LogP) is -1.72. The number of nitrogens with zero attached hydrogens (tertiary/aromatic N) is 1. The number of amides is 9. The molecular formula is C62H84N16O15. The van der Waals surface area contributed by atoms with E-state index in [-0.39, 0.29) is 56.9 Å². The van der Waals surface area contributed by atoms with Crippen molar-refractivity contribution >= 4 is 98.8 Å². The standard InChI is InChI=1S/C62H84N16O15/c1-34(2)25-49(61(92)93)73-51(80)33-71-55(86)46(27-36-30-68-41-18-8-6-15-38(36)41)76-57(88)44(21-22-52(81)82)75-56(87)43(20-12-24-67-62(65)66)74-60(91)48(29-53(83)84)78-59(90)47(28-37-31-69-42-19-9-7-16-39(37)42)77-58(89)45(26-35-13-4-3-5-14-35)72-50(79)32-70-54(85)40(64)17-10-11-23-63/h3-9,13-16,18-19,30-31,34,40,43-49,68-69H,10-12,17,20-29,32-33,63-64H2,1-2H3,(H,70,85)(H,71,86)(H,72,79)(H,73,80)(H,74,91)(H,75,87)(H,76,88)(H,77,89)(H,78,90)(H,81,82)(H,83,84)(H,92,93)(H4,65,66,67)/t40-,43-,44-,45-,46-,47-,48-,49-/m0/s1. The number of H-pyrrole nitrogens is 2. The second kappa shape index (κ2) is 37.0. The SMILES string of the molecule is CC(C)C[C@H](NC(=O)CNC(=O)[C@H](Cc1c[nH]c2ccccc12)NC(=O)[C@H](CCC(=O)O)NC(=O)[C@H](CCCN=C(N)N)NC(=O)[C@H](CC(=O)O)NC(=O)[C@H](Cc1c[nH]c2ccccc12)NC(=O)[C@H](Cc1ccccc1)NC(=O)CNC(=O)[C@@H](N)CCCCN)C(=O)O. The Morgan fingerprint density at radius 1 is 0.495 bits per heavy atom. The average Bonchev–Trinajstić information content (AvgIpc) is 1.99. The summed E-state index contributed by atoms with van der Waals surface area (Å²) in [6.07, 6.45) is 1.26. The summed E-state index contributed by atoms with van der Waals surface area (Å²) in [5.41, 5.74) is 25.5. The molecule has 31 nitrogen and oxygen atoms in total. The lowest BCUT2D eigenvalue weighted by atomic mass is 10.0. The smallest absolute Gasteiger partial charge is 0.326 e. The van der Waals surface area contributed by atoms with Crippen LogP contribution in [-0.2, 0) is 76.8 Å². The zero-order valence-electron chi connectivity index (χ0n) is 51.7. The van der Waals surface area contributed by atoms with Crippen LogP contribution in [0.5, 0.6) is 0 Å². The van der Waals surface area contributed by atoms with Crippen molar-refractivity contribution < 1.29 is 72.9 Å². The molecule has 5 aromatic rings. The number of hydrogen-bond donors (Lipinski definition) is 18. The Balaban J connectivity index is 1.43. The Morgan fingerprint density at radius 3 is 1.47 bits per heavy atom. The highest BCUT2D eigenvalue weighted by Gasteiger charge is 2.36. The van der Waals surface area contributed by atoms with Crippen LogP contribution in [0.15, 0.2) is 96.2 Å². The lowest BCUT2D eigenvalue weighted by Crippen LogP contribution is -2.60. The van der Waals surface area contributed by atoms with E-state index < -0.39 is 152 Å². The fourth-order valence-corrected chi connectivity index (χ4v) is 9.99. The van der Waals surface area contributed by atoms with Gasteiger partial charge in [-0.25, -0.2) is 4.79 Å². The maximum Gasteiger partial charge on any atom is 0.326 e. The summed E-state index contributed by atoms with van der Waals surface area (Å²) in [5.74, 6) is -13.5. The van der Waals surface area contributed by atoms with Crippen molar-refractivity contribution in [1.29, 1.82) is 0 Å². The minimum absolute atomic E-state index is 0.0576. The number of guanidine groups is 1. The molecule has 0 aliphatic heterocycles. The molecule has 0 saturated carbocycles. The Labute approximate surface area is 534 Å². The van der Waals surface area contributed by atoms with Crippen LogP contribution in [0.3, 0.4) is 0 Å². The molecule has 93 heavy (non-hydrogen) atoms. The number of carboxylic acids is 3. The summed E-state index contributed by atoms with van der Waals surface area (Å²) in [6.45, 7) is 2.47. The van der Waals surface area contributed by atoms with Crippen molar-refractivity contribution in [3.63, 3.8) is 0 Å². The Bertz CT molecular complexity index is 3440. The summed E-state index contributed by atoms with van der Waals surface area (Å²) < 4.78 is 0. The first kappa shape index (κ1) is 73.3. The minimum atomic E-state index is -2.00. The number of hydrogen-bond acceptors (Lipinski definition) is 15. The number of aliphatic imine (C=N–C) groups is 1. The number of carbonyl (C=O) groups excluding carboxylic acids is 9. The van der Waals surface area contributed by atoms with Crippen molar-refractivity contribution in [2.45, 2.75) is 139 Å². The van der Waals surface area contributed by atoms with Crippen molar-refractivity contribution in [3.05, 3.63) is 108 Å². The van der Waals surface area contributed by atoms with E-state index in [4.69, 9.17) is 22.9 Å². The Kier molecular flexibility index (Phi) is 29.2. The minimum Gasteiger partial charge on any atom is -0.481 e. The maximum atomic E-state index is 14.7. The molecule has 0 aliphatic carbocycles. The van der Waals surface area contributed by atoms with Gasteiger partial charge >= 0.3 is 17.9 Å².